The van der Waals surface area contributed by atoms with Crippen molar-refractivity contribution in [3.05, 3.63) is 71.9 Å². The van der Waals surface area contributed by atoms with Crippen LogP contribution in [0.25, 0.3) is 0 Å². The lowest BCUT2D eigenvalue weighted by molar-refractivity contribution is -0.112. The second-order valence-electron chi connectivity index (χ2n) is 7.21. The van der Waals surface area contributed by atoms with Gasteiger partial charge in [0, 0.05) is 43.8 Å². The number of para-hydroxylation sites is 2. The fourth-order valence-corrected chi connectivity index (χ4v) is 3.37. The molecule has 1 fully saturated rings. The molecule has 1 amide bonds. The van der Waals surface area contributed by atoms with Gasteiger partial charge in [-0.3, -0.25) is 4.79 Å². The molecule has 5 nitrogen and oxygen atoms in total. The summed E-state index contributed by atoms with van der Waals surface area (Å²) >= 11 is 0. The lowest BCUT2D eigenvalue weighted by atomic mass is 10.0. The largest absolute Gasteiger partial charge is 0.373 e. The van der Waals surface area contributed by atoms with E-state index in [2.05, 4.69) is 42.3 Å². The molecule has 0 unspecified atom stereocenters. The first-order valence-corrected chi connectivity index (χ1v) is 9.64. The van der Waals surface area contributed by atoms with Gasteiger partial charge >= 0.3 is 0 Å². The SMILES string of the molecule is CC(C)c1ccccc1NC(=O)/C(C#N)=C\N1CCN(c2ccccc2)CC1. The highest BCUT2D eigenvalue weighted by molar-refractivity contribution is 6.06. The second kappa shape index (κ2) is 9.09. The van der Waals surface area contributed by atoms with Crippen LogP contribution < -0.4 is 10.2 Å². The lowest BCUT2D eigenvalue weighted by Crippen LogP contribution is -2.44. The summed E-state index contributed by atoms with van der Waals surface area (Å²) in [6.45, 7) is 7.43. The third kappa shape index (κ3) is 4.72. The monoisotopic (exact) mass is 374 g/mol. The summed E-state index contributed by atoms with van der Waals surface area (Å²) in [4.78, 5) is 17.0. The Morgan fingerprint density at radius 3 is 2.32 bits per heavy atom. The van der Waals surface area contributed by atoms with Crippen LogP contribution in [-0.2, 0) is 4.79 Å². The number of amides is 1. The zero-order valence-electron chi connectivity index (χ0n) is 16.4. The number of piperazine rings is 1. The molecule has 3 rings (SSSR count). The van der Waals surface area contributed by atoms with Crippen molar-refractivity contribution in [2.75, 3.05) is 36.4 Å². The van der Waals surface area contributed by atoms with Crippen LogP contribution in [0.3, 0.4) is 0 Å². The summed E-state index contributed by atoms with van der Waals surface area (Å²) in [6.07, 6.45) is 1.69. The van der Waals surface area contributed by atoms with Crippen LogP contribution in [0.1, 0.15) is 25.3 Å². The van der Waals surface area contributed by atoms with E-state index in [4.69, 9.17) is 0 Å². The molecule has 2 aromatic carbocycles. The molecule has 1 heterocycles. The fraction of sp³-hybridized carbons (Fsp3) is 0.304. The number of carbonyl (C=O) groups excluding carboxylic acids is 1. The van der Waals surface area contributed by atoms with Gasteiger partial charge in [0.15, 0.2) is 0 Å². The van der Waals surface area contributed by atoms with Gasteiger partial charge in [-0.05, 0) is 29.7 Å². The van der Waals surface area contributed by atoms with E-state index in [-0.39, 0.29) is 17.4 Å². The van der Waals surface area contributed by atoms with Crippen LogP contribution in [0.5, 0.6) is 0 Å². The summed E-state index contributed by atoms with van der Waals surface area (Å²) < 4.78 is 0. The third-order valence-electron chi connectivity index (χ3n) is 4.94. The summed E-state index contributed by atoms with van der Waals surface area (Å²) in [6, 6.07) is 20.1. The Labute approximate surface area is 166 Å². The number of nitrogens with zero attached hydrogens (tertiary/aromatic N) is 3. The highest BCUT2D eigenvalue weighted by Gasteiger charge is 2.18. The molecule has 144 valence electrons. The first-order chi connectivity index (χ1) is 13.6. The average Bonchev–Trinajstić information content (AvgIpc) is 2.73. The number of anilines is 2. The predicted molar refractivity (Wildman–Crippen MR) is 113 cm³/mol. The number of benzene rings is 2. The van der Waals surface area contributed by atoms with E-state index in [1.807, 2.05) is 47.4 Å². The molecule has 1 aliphatic heterocycles. The van der Waals surface area contributed by atoms with E-state index in [0.717, 1.165) is 37.4 Å². The van der Waals surface area contributed by atoms with Gasteiger partial charge in [-0.25, -0.2) is 0 Å². The molecule has 0 radical (unpaired) electrons. The molecular weight excluding hydrogens is 348 g/mol. The van der Waals surface area contributed by atoms with Crippen LogP contribution in [0.4, 0.5) is 11.4 Å². The van der Waals surface area contributed by atoms with Gasteiger partial charge in [0.2, 0.25) is 0 Å². The van der Waals surface area contributed by atoms with Crippen molar-refractivity contribution >= 4 is 17.3 Å². The highest BCUT2D eigenvalue weighted by Crippen LogP contribution is 2.24. The topological polar surface area (TPSA) is 59.4 Å². The quantitative estimate of drug-likeness (QED) is 0.635. The van der Waals surface area contributed by atoms with Crippen LogP contribution in [0.2, 0.25) is 0 Å². The van der Waals surface area contributed by atoms with Crippen molar-refractivity contribution < 1.29 is 4.79 Å². The normalized spacial score (nSPS) is 14.7. The van der Waals surface area contributed by atoms with Crippen molar-refractivity contribution in [3.8, 4) is 6.07 Å². The zero-order chi connectivity index (χ0) is 19.9. The Morgan fingerprint density at radius 2 is 1.68 bits per heavy atom. The molecule has 5 heteroatoms. The molecular formula is C23H26N4O. The Kier molecular flexibility index (Phi) is 6.33. The molecule has 1 saturated heterocycles. The number of hydrogen-bond acceptors (Lipinski definition) is 4. The van der Waals surface area contributed by atoms with Gasteiger partial charge in [0.1, 0.15) is 11.6 Å². The first-order valence-electron chi connectivity index (χ1n) is 9.64. The van der Waals surface area contributed by atoms with E-state index in [1.54, 1.807) is 6.20 Å². The molecule has 0 spiro atoms. The van der Waals surface area contributed by atoms with Crippen molar-refractivity contribution in [2.45, 2.75) is 19.8 Å². The minimum atomic E-state index is -0.360. The summed E-state index contributed by atoms with van der Waals surface area (Å²) in [7, 11) is 0. The Morgan fingerprint density at radius 1 is 1.04 bits per heavy atom. The minimum absolute atomic E-state index is 0.131. The van der Waals surface area contributed by atoms with Crippen LogP contribution in [0, 0.1) is 11.3 Å². The maximum atomic E-state index is 12.6. The van der Waals surface area contributed by atoms with E-state index >= 15 is 0 Å². The first kappa shape index (κ1) is 19.5. The van der Waals surface area contributed by atoms with Crippen molar-refractivity contribution in [1.29, 1.82) is 5.26 Å². The maximum Gasteiger partial charge on any atom is 0.267 e. The summed E-state index contributed by atoms with van der Waals surface area (Å²) in [5.41, 5.74) is 3.16. The highest BCUT2D eigenvalue weighted by atomic mass is 16.1. The van der Waals surface area contributed by atoms with Gasteiger partial charge < -0.3 is 15.1 Å². The van der Waals surface area contributed by atoms with Crippen molar-refractivity contribution in [3.63, 3.8) is 0 Å². The third-order valence-corrected chi connectivity index (χ3v) is 4.94. The average molecular weight is 374 g/mol. The van der Waals surface area contributed by atoms with Crippen molar-refractivity contribution in [1.82, 2.24) is 4.90 Å². The van der Waals surface area contributed by atoms with Gasteiger partial charge in [0.25, 0.3) is 5.91 Å². The molecule has 2 aromatic rings. The van der Waals surface area contributed by atoms with E-state index in [9.17, 15) is 10.1 Å². The second-order valence-corrected chi connectivity index (χ2v) is 7.21. The van der Waals surface area contributed by atoms with Gasteiger partial charge in [-0.15, -0.1) is 0 Å². The van der Waals surface area contributed by atoms with E-state index < -0.39 is 0 Å². The predicted octanol–water partition coefficient (Wildman–Crippen LogP) is 3.98. The van der Waals surface area contributed by atoms with Crippen molar-refractivity contribution in [2.24, 2.45) is 0 Å². The van der Waals surface area contributed by atoms with Crippen LogP contribution >= 0.6 is 0 Å². The van der Waals surface area contributed by atoms with Crippen LogP contribution in [0.15, 0.2) is 66.4 Å². The number of nitriles is 1. The molecule has 0 aliphatic carbocycles. The standard InChI is InChI=1S/C23H26N4O/c1-18(2)21-10-6-7-11-22(21)25-23(28)19(16-24)17-26-12-14-27(15-13-26)20-8-4-3-5-9-20/h3-11,17-18H,12-15H2,1-2H3,(H,25,28)/b19-17-. The number of carbonyl (C=O) groups is 1. The fourth-order valence-electron chi connectivity index (χ4n) is 3.37. The molecule has 28 heavy (non-hydrogen) atoms. The zero-order valence-corrected chi connectivity index (χ0v) is 16.4. The number of rotatable bonds is 5. The Hall–Kier alpha value is -3.26. The van der Waals surface area contributed by atoms with E-state index in [0.29, 0.717) is 0 Å². The Bertz CT molecular complexity index is 875. The summed E-state index contributed by atoms with van der Waals surface area (Å²) in [5, 5.41) is 12.4. The lowest BCUT2D eigenvalue weighted by Gasteiger charge is -2.35. The molecule has 1 aliphatic rings. The number of nitrogens with one attached hydrogen (secondary N) is 1. The molecule has 0 aromatic heterocycles. The molecule has 0 atom stereocenters. The van der Waals surface area contributed by atoms with Gasteiger partial charge in [-0.2, -0.15) is 5.26 Å². The smallest absolute Gasteiger partial charge is 0.267 e. The molecule has 0 saturated carbocycles. The minimum Gasteiger partial charge on any atom is -0.373 e. The Balaban J connectivity index is 1.65. The summed E-state index contributed by atoms with van der Waals surface area (Å²) in [5.74, 6) is -0.0711. The number of hydrogen-bond donors (Lipinski definition) is 1. The van der Waals surface area contributed by atoms with Gasteiger partial charge in [-0.1, -0.05) is 50.2 Å². The van der Waals surface area contributed by atoms with E-state index in [1.165, 1.54) is 5.69 Å². The maximum absolute atomic E-state index is 12.6. The molecule has 0 bridgehead atoms. The van der Waals surface area contributed by atoms with Gasteiger partial charge in [0.05, 0.1) is 0 Å². The van der Waals surface area contributed by atoms with Crippen LogP contribution in [-0.4, -0.2) is 37.0 Å². The molecule has 1 N–H and O–H groups in total.